The highest BCUT2D eigenvalue weighted by atomic mass is 14.8. The van der Waals surface area contributed by atoms with Crippen LogP contribution in [-0.4, -0.2) is 0 Å². The van der Waals surface area contributed by atoms with Crippen LogP contribution in [0.5, 0.6) is 0 Å². The fourth-order valence-corrected chi connectivity index (χ4v) is 6.94. The van der Waals surface area contributed by atoms with Crippen molar-refractivity contribution in [1.29, 1.82) is 0 Å². The van der Waals surface area contributed by atoms with Gasteiger partial charge in [-0.2, -0.15) is 0 Å². The quantitative estimate of drug-likeness (QED) is 0.466. The summed E-state index contributed by atoms with van der Waals surface area (Å²) in [6.07, 6.45) is 5.39. The Bertz CT molecular complexity index is 340. The lowest BCUT2D eigenvalue weighted by atomic mass is 9.28. The maximum absolute atomic E-state index is 2.62. The van der Waals surface area contributed by atoms with E-state index in [1.54, 1.807) is 0 Å². The summed E-state index contributed by atoms with van der Waals surface area (Å²) in [5.74, 6) is 3.26. The van der Waals surface area contributed by atoms with E-state index >= 15 is 0 Å². The second-order valence-electron chi connectivity index (χ2n) is 9.18. The van der Waals surface area contributed by atoms with Crippen LogP contribution < -0.4 is 0 Å². The molecule has 1 aliphatic rings. The largest absolute Gasteiger partial charge is 0.0654 e. The molecule has 1 aliphatic carbocycles. The van der Waals surface area contributed by atoms with Crippen molar-refractivity contribution < 1.29 is 0 Å². The summed E-state index contributed by atoms with van der Waals surface area (Å²) in [5.41, 5.74) is 1.39. The summed E-state index contributed by atoms with van der Waals surface area (Å²) >= 11 is 0. The molecule has 0 spiro atoms. The van der Waals surface area contributed by atoms with Crippen molar-refractivity contribution in [3.8, 4) is 0 Å². The van der Waals surface area contributed by atoms with Gasteiger partial charge in [0, 0.05) is 0 Å². The van der Waals surface area contributed by atoms with Crippen molar-refractivity contribution in [3.05, 3.63) is 0 Å². The summed E-state index contributed by atoms with van der Waals surface area (Å²) in [6.45, 7) is 25.0. The predicted octanol–water partition coefficient (Wildman–Crippen LogP) is 7.18. The van der Waals surface area contributed by atoms with Crippen molar-refractivity contribution in [2.45, 2.75) is 94.9 Å². The topological polar surface area (TPSA) is 0 Å². The molecule has 0 heteroatoms. The molecule has 0 aromatic rings. The zero-order chi connectivity index (χ0) is 16.6. The van der Waals surface area contributed by atoms with Crippen molar-refractivity contribution in [2.24, 2.45) is 39.9 Å². The molecule has 0 nitrogen and oxygen atoms in total. The Labute approximate surface area is 135 Å². The first-order valence-corrected chi connectivity index (χ1v) is 9.55. The van der Waals surface area contributed by atoms with Crippen LogP contribution in [0.4, 0.5) is 0 Å². The molecular formula is C21H42. The SMILES string of the molecule is CCCC(C)C1(C(C)(CCC)C(C)C)C(C)C(C)C1(C)C. The van der Waals surface area contributed by atoms with E-state index in [1.165, 1.54) is 25.7 Å². The van der Waals surface area contributed by atoms with Gasteiger partial charge in [0.15, 0.2) is 0 Å². The van der Waals surface area contributed by atoms with Gasteiger partial charge in [-0.1, -0.05) is 88.5 Å². The highest BCUT2D eigenvalue weighted by Gasteiger charge is 2.71. The maximum Gasteiger partial charge on any atom is -0.0133 e. The molecule has 0 radical (unpaired) electrons. The third kappa shape index (κ3) is 2.31. The van der Waals surface area contributed by atoms with Crippen molar-refractivity contribution in [3.63, 3.8) is 0 Å². The Hall–Kier alpha value is 0. The second-order valence-corrected chi connectivity index (χ2v) is 9.18. The minimum Gasteiger partial charge on any atom is -0.0654 e. The molecule has 1 rings (SSSR count). The van der Waals surface area contributed by atoms with E-state index in [0.717, 1.165) is 23.7 Å². The van der Waals surface area contributed by atoms with Gasteiger partial charge in [-0.05, 0) is 46.3 Å². The smallest absolute Gasteiger partial charge is 0.0133 e. The molecule has 0 aliphatic heterocycles. The highest BCUT2D eigenvalue weighted by molar-refractivity contribution is 5.18. The van der Waals surface area contributed by atoms with Crippen LogP contribution in [0, 0.1) is 39.9 Å². The van der Waals surface area contributed by atoms with E-state index in [-0.39, 0.29) is 0 Å². The summed E-state index contributed by atoms with van der Waals surface area (Å²) in [5, 5.41) is 0. The van der Waals surface area contributed by atoms with Crippen molar-refractivity contribution in [2.75, 3.05) is 0 Å². The van der Waals surface area contributed by atoms with Gasteiger partial charge in [-0.15, -0.1) is 0 Å². The van der Waals surface area contributed by atoms with Gasteiger partial charge in [-0.25, -0.2) is 0 Å². The van der Waals surface area contributed by atoms with Crippen LogP contribution in [-0.2, 0) is 0 Å². The number of rotatable bonds is 7. The van der Waals surface area contributed by atoms with Crippen LogP contribution >= 0.6 is 0 Å². The van der Waals surface area contributed by atoms with E-state index < -0.39 is 0 Å². The fraction of sp³-hybridized carbons (Fsp3) is 1.00. The Morgan fingerprint density at radius 3 is 1.81 bits per heavy atom. The molecule has 0 saturated heterocycles. The molecule has 126 valence electrons. The summed E-state index contributed by atoms with van der Waals surface area (Å²) in [6, 6.07) is 0. The molecule has 0 amide bonds. The van der Waals surface area contributed by atoms with Crippen LogP contribution in [0.3, 0.4) is 0 Å². The lowest BCUT2D eigenvalue weighted by molar-refractivity contribution is -0.286. The monoisotopic (exact) mass is 294 g/mol. The second kappa shape index (κ2) is 6.25. The zero-order valence-electron chi connectivity index (χ0n) is 16.6. The maximum atomic E-state index is 2.62. The molecule has 0 heterocycles. The molecule has 1 saturated carbocycles. The van der Waals surface area contributed by atoms with Crippen LogP contribution in [0.15, 0.2) is 0 Å². The van der Waals surface area contributed by atoms with Gasteiger partial charge < -0.3 is 0 Å². The normalized spacial score (nSPS) is 36.1. The van der Waals surface area contributed by atoms with E-state index in [1.807, 2.05) is 0 Å². The predicted molar refractivity (Wildman–Crippen MR) is 96.5 cm³/mol. The minimum absolute atomic E-state index is 0.450. The summed E-state index contributed by atoms with van der Waals surface area (Å²) in [7, 11) is 0. The molecule has 0 aromatic carbocycles. The third-order valence-corrected chi connectivity index (χ3v) is 8.16. The van der Waals surface area contributed by atoms with Crippen molar-refractivity contribution >= 4 is 0 Å². The van der Waals surface area contributed by atoms with Gasteiger partial charge in [0.05, 0.1) is 0 Å². The Morgan fingerprint density at radius 2 is 1.48 bits per heavy atom. The van der Waals surface area contributed by atoms with Gasteiger partial charge >= 0.3 is 0 Å². The van der Waals surface area contributed by atoms with Gasteiger partial charge in [-0.3, -0.25) is 0 Å². The molecule has 5 atom stereocenters. The van der Waals surface area contributed by atoms with Crippen LogP contribution in [0.25, 0.3) is 0 Å². The van der Waals surface area contributed by atoms with E-state index in [0.29, 0.717) is 16.2 Å². The Balaban J connectivity index is 3.46. The molecule has 1 fully saturated rings. The molecular weight excluding hydrogens is 252 g/mol. The Kier molecular flexibility index (Phi) is 5.67. The molecule has 0 N–H and O–H groups in total. The number of hydrogen-bond acceptors (Lipinski definition) is 0. The Morgan fingerprint density at radius 1 is 0.952 bits per heavy atom. The van der Waals surface area contributed by atoms with E-state index in [9.17, 15) is 0 Å². The van der Waals surface area contributed by atoms with Crippen LogP contribution in [0.2, 0.25) is 0 Å². The molecule has 21 heavy (non-hydrogen) atoms. The van der Waals surface area contributed by atoms with Gasteiger partial charge in [0.25, 0.3) is 0 Å². The standard InChI is InChI=1S/C21H42/c1-11-13-16(5)21(18(7)17(6)19(21,8)9)20(10,14-12-2)15(3)4/h15-18H,11-14H2,1-10H3. The average Bonchev–Trinajstić information content (AvgIpc) is 2.38. The van der Waals surface area contributed by atoms with E-state index in [2.05, 4.69) is 69.2 Å². The number of hydrogen-bond donors (Lipinski definition) is 0. The minimum atomic E-state index is 0.450. The summed E-state index contributed by atoms with van der Waals surface area (Å²) in [4.78, 5) is 0. The lowest BCUT2D eigenvalue weighted by Crippen LogP contribution is -2.71. The lowest BCUT2D eigenvalue weighted by Gasteiger charge is -2.76. The first kappa shape index (κ1) is 19.0. The summed E-state index contributed by atoms with van der Waals surface area (Å²) < 4.78 is 0. The first-order valence-electron chi connectivity index (χ1n) is 9.55. The highest BCUT2D eigenvalue weighted by Crippen LogP contribution is 2.76. The zero-order valence-corrected chi connectivity index (χ0v) is 16.6. The fourth-order valence-electron chi connectivity index (χ4n) is 6.94. The third-order valence-electron chi connectivity index (χ3n) is 8.16. The van der Waals surface area contributed by atoms with Crippen molar-refractivity contribution in [1.82, 2.24) is 0 Å². The molecule has 5 unspecified atom stereocenters. The molecule has 0 aromatic heterocycles. The molecule has 0 bridgehead atoms. The van der Waals surface area contributed by atoms with Gasteiger partial charge in [0.1, 0.15) is 0 Å². The van der Waals surface area contributed by atoms with E-state index in [4.69, 9.17) is 0 Å². The van der Waals surface area contributed by atoms with Gasteiger partial charge in [0.2, 0.25) is 0 Å². The first-order chi connectivity index (χ1) is 9.55. The van der Waals surface area contributed by atoms with Crippen LogP contribution in [0.1, 0.15) is 94.9 Å². The average molecular weight is 295 g/mol.